The molecule has 4 aromatic rings. The third kappa shape index (κ3) is 5.52. The van der Waals surface area contributed by atoms with E-state index in [1.807, 2.05) is 0 Å². The molecular formula is C25H21ClFN3O5. The molecule has 1 unspecified atom stereocenters. The van der Waals surface area contributed by atoms with E-state index in [-0.39, 0.29) is 10.9 Å². The van der Waals surface area contributed by atoms with Gasteiger partial charge in [-0.3, -0.25) is 5.32 Å². The predicted octanol–water partition coefficient (Wildman–Crippen LogP) is 6.54. The number of halogens is 2. The summed E-state index contributed by atoms with van der Waals surface area (Å²) in [6.45, 7) is 1.64. The first-order chi connectivity index (χ1) is 16.9. The fourth-order valence-corrected chi connectivity index (χ4v) is 3.56. The van der Waals surface area contributed by atoms with Crippen LogP contribution in [0.25, 0.3) is 10.9 Å². The number of anilines is 1. The molecule has 1 amide bonds. The summed E-state index contributed by atoms with van der Waals surface area (Å²) in [4.78, 5) is 20.8. The van der Waals surface area contributed by atoms with Gasteiger partial charge in [0.1, 0.15) is 24.0 Å². The number of carbonyl (C=O) groups is 1. The molecule has 0 fully saturated rings. The van der Waals surface area contributed by atoms with Crippen molar-refractivity contribution in [2.75, 3.05) is 19.5 Å². The first-order valence-corrected chi connectivity index (χ1v) is 10.8. The SMILES string of the molecule is COc1cc2ncnc(Oc3ccc(NC(=O)OC(C)c4cccc(F)c4)c(Cl)c3)c2cc1OC. The summed E-state index contributed by atoms with van der Waals surface area (Å²) in [6, 6.07) is 14.0. The van der Waals surface area contributed by atoms with Gasteiger partial charge in [-0.2, -0.15) is 0 Å². The molecule has 35 heavy (non-hydrogen) atoms. The Kier molecular flexibility index (Phi) is 7.17. The minimum atomic E-state index is -0.736. The summed E-state index contributed by atoms with van der Waals surface area (Å²) in [5, 5.41) is 3.40. The standard InChI is InChI=1S/C25H21ClFN3O5/c1-14(15-5-4-6-16(27)9-15)34-25(31)30-20-8-7-17(10-19(20)26)35-24-18-11-22(32-2)23(33-3)12-21(18)28-13-29-24/h4-14H,1-3H3,(H,30,31). The van der Waals surface area contributed by atoms with E-state index in [4.69, 9.17) is 30.5 Å². The van der Waals surface area contributed by atoms with E-state index >= 15 is 0 Å². The third-order valence-corrected chi connectivity index (χ3v) is 5.41. The second kappa shape index (κ2) is 10.4. The zero-order valence-electron chi connectivity index (χ0n) is 19.0. The number of fused-ring (bicyclic) bond motifs is 1. The van der Waals surface area contributed by atoms with Crippen LogP contribution < -0.4 is 19.5 Å². The lowest BCUT2D eigenvalue weighted by Crippen LogP contribution is -2.16. The van der Waals surface area contributed by atoms with Crippen molar-refractivity contribution in [2.45, 2.75) is 13.0 Å². The average Bonchev–Trinajstić information content (AvgIpc) is 2.85. The molecule has 0 radical (unpaired) electrons. The van der Waals surface area contributed by atoms with Crippen LogP contribution in [0.15, 0.2) is 60.9 Å². The summed E-state index contributed by atoms with van der Waals surface area (Å²) in [5.74, 6) is 1.30. The second-order valence-corrected chi connectivity index (χ2v) is 7.78. The number of methoxy groups -OCH3 is 2. The molecule has 1 atom stereocenters. The van der Waals surface area contributed by atoms with Crippen molar-refractivity contribution in [1.29, 1.82) is 0 Å². The van der Waals surface area contributed by atoms with Crippen molar-refractivity contribution in [3.63, 3.8) is 0 Å². The predicted molar refractivity (Wildman–Crippen MR) is 129 cm³/mol. The van der Waals surface area contributed by atoms with Gasteiger partial charge in [0, 0.05) is 12.1 Å². The van der Waals surface area contributed by atoms with Crippen molar-refractivity contribution in [2.24, 2.45) is 0 Å². The largest absolute Gasteiger partial charge is 0.493 e. The minimum Gasteiger partial charge on any atom is -0.493 e. The number of hydrogen-bond donors (Lipinski definition) is 1. The van der Waals surface area contributed by atoms with Crippen molar-refractivity contribution in [3.8, 4) is 23.1 Å². The van der Waals surface area contributed by atoms with Gasteiger partial charge in [0.15, 0.2) is 11.5 Å². The van der Waals surface area contributed by atoms with Gasteiger partial charge in [-0.25, -0.2) is 19.2 Å². The smallest absolute Gasteiger partial charge is 0.412 e. The molecule has 0 aliphatic heterocycles. The number of ether oxygens (including phenoxy) is 4. The van der Waals surface area contributed by atoms with Crippen molar-refractivity contribution in [1.82, 2.24) is 9.97 Å². The Morgan fingerprint density at radius 3 is 2.51 bits per heavy atom. The van der Waals surface area contributed by atoms with Crippen molar-refractivity contribution in [3.05, 3.63) is 77.3 Å². The molecular weight excluding hydrogens is 477 g/mol. The van der Waals surface area contributed by atoms with E-state index in [2.05, 4.69) is 15.3 Å². The van der Waals surface area contributed by atoms with Gasteiger partial charge in [-0.05, 0) is 42.8 Å². The lowest BCUT2D eigenvalue weighted by molar-refractivity contribution is 0.121. The lowest BCUT2D eigenvalue weighted by Gasteiger charge is -2.15. The molecule has 0 bridgehead atoms. The van der Waals surface area contributed by atoms with Gasteiger partial charge in [0.05, 0.1) is 35.8 Å². The molecule has 10 heteroatoms. The average molecular weight is 498 g/mol. The van der Waals surface area contributed by atoms with Gasteiger partial charge < -0.3 is 18.9 Å². The Hall–Kier alpha value is -4.11. The monoisotopic (exact) mass is 497 g/mol. The Morgan fingerprint density at radius 2 is 1.80 bits per heavy atom. The van der Waals surface area contributed by atoms with Crippen LogP contribution in [0.5, 0.6) is 23.1 Å². The van der Waals surface area contributed by atoms with Crippen LogP contribution in [0.3, 0.4) is 0 Å². The summed E-state index contributed by atoms with van der Waals surface area (Å²) in [5.41, 5.74) is 1.45. The first-order valence-electron chi connectivity index (χ1n) is 10.4. The van der Waals surface area contributed by atoms with Crippen LogP contribution >= 0.6 is 11.6 Å². The van der Waals surface area contributed by atoms with E-state index in [1.165, 1.54) is 38.7 Å². The number of aromatic nitrogens is 2. The van der Waals surface area contributed by atoms with Gasteiger partial charge in [-0.1, -0.05) is 23.7 Å². The molecule has 180 valence electrons. The Morgan fingerprint density at radius 1 is 1.03 bits per heavy atom. The molecule has 8 nitrogen and oxygen atoms in total. The third-order valence-electron chi connectivity index (χ3n) is 5.10. The first kappa shape index (κ1) is 24.0. The van der Waals surface area contributed by atoms with E-state index in [9.17, 15) is 9.18 Å². The van der Waals surface area contributed by atoms with E-state index < -0.39 is 18.0 Å². The quantitative estimate of drug-likeness (QED) is 0.310. The molecule has 0 aliphatic carbocycles. The summed E-state index contributed by atoms with van der Waals surface area (Å²) < 4.78 is 35.3. The normalized spacial score (nSPS) is 11.6. The molecule has 0 saturated carbocycles. The highest BCUT2D eigenvalue weighted by Crippen LogP contribution is 2.37. The van der Waals surface area contributed by atoms with Crippen LogP contribution in [0.1, 0.15) is 18.6 Å². The molecule has 0 spiro atoms. The number of rotatable bonds is 7. The van der Waals surface area contributed by atoms with Crippen LogP contribution in [0.4, 0.5) is 14.9 Å². The Labute approximate surface area is 205 Å². The van der Waals surface area contributed by atoms with Gasteiger partial charge in [0.2, 0.25) is 5.88 Å². The summed E-state index contributed by atoms with van der Waals surface area (Å²) in [6.07, 6.45) is -0.0226. The zero-order chi connectivity index (χ0) is 24.9. The maximum absolute atomic E-state index is 13.4. The van der Waals surface area contributed by atoms with Gasteiger partial charge in [-0.15, -0.1) is 0 Å². The maximum atomic E-state index is 13.4. The fraction of sp³-hybridized carbons (Fsp3) is 0.160. The number of benzene rings is 3. The second-order valence-electron chi connectivity index (χ2n) is 7.37. The highest BCUT2D eigenvalue weighted by molar-refractivity contribution is 6.33. The van der Waals surface area contributed by atoms with E-state index in [0.717, 1.165) is 0 Å². The summed E-state index contributed by atoms with van der Waals surface area (Å²) >= 11 is 6.35. The molecule has 0 aliphatic rings. The number of amides is 1. The summed E-state index contributed by atoms with van der Waals surface area (Å²) in [7, 11) is 3.07. The zero-order valence-corrected chi connectivity index (χ0v) is 19.8. The highest BCUT2D eigenvalue weighted by Gasteiger charge is 2.16. The number of hydrogen-bond acceptors (Lipinski definition) is 7. The number of nitrogens with one attached hydrogen (secondary N) is 1. The Bertz CT molecular complexity index is 1380. The van der Waals surface area contributed by atoms with Gasteiger partial charge in [0.25, 0.3) is 0 Å². The van der Waals surface area contributed by atoms with Crippen LogP contribution in [-0.2, 0) is 4.74 Å². The molecule has 3 aromatic carbocycles. The van der Waals surface area contributed by atoms with E-state index in [0.29, 0.717) is 39.4 Å². The minimum absolute atomic E-state index is 0.218. The fourth-order valence-electron chi connectivity index (χ4n) is 3.34. The van der Waals surface area contributed by atoms with Crippen molar-refractivity contribution >= 4 is 34.3 Å². The molecule has 4 rings (SSSR count). The molecule has 1 aromatic heterocycles. The van der Waals surface area contributed by atoms with Crippen LogP contribution in [-0.4, -0.2) is 30.3 Å². The van der Waals surface area contributed by atoms with Crippen molar-refractivity contribution < 1.29 is 28.1 Å². The molecule has 1 N–H and O–H groups in total. The Balaban J connectivity index is 1.48. The number of nitrogens with zero attached hydrogens (tertiary/aromatic N) is 2. The lowest BCUT2D eigenvalue weighted by atomic mass is 10.1. The number of carbonyl (C=O) groups excluding carboxylic acids is 1. The molecule has 0 saturated heterocycles. The van der Waals surface area contributed by atoms with Crippen LogP contribution in [0.2, 0.25) is 5.02 Å². The topological polar surface area (TPSA) is 91.8 Å². The maximum Gasteiger partial charge on any atom is 0.412 e. The van der Waals surface area contributed by atoms with E-state index in [1.54, 1.807) is 43.3 Å². The van der Waals surface area contributed by atoms with Crippen LogP contribution in [0, 0.1) is 5.82 Å². The molecule has 1 heterocycles. The highest BCUT2D eigenvalue weighted by atomic mass is 35.5. The van der Waals surface area contributed by atoms with Gasteiger partial charge >= 0.3 is 6.09 Å².